The molecule has 0 heterocycles. The number of methoxy groups -OCH3 is 1. The number of aromatic hydroxyl groups is 1. The molecule has 0 aliphatic heterocycles. The molecule has 1 aromatic carbocycles. The summed E-state index contributed by atoms with van der Waals surface area (Å²) in [4.78, 5) is 10.8. The number of carbonyl (C=O) groups is 1. The molecule has 0 saturated heterocycles. The Labute approximate surface area is 101 Å². The Morgan fingerprint density at radius 3 is 2.88 bits per heavy atom. The highest BCUT2D eigenvalue weighted by Gasteiger charge is 2.08. The number of carbonyl (C=O) groups excluding carboxylic acids is 1. The van der Waals surface area contributed by atoms with E-state index in [1.54, 1.807) is 6.07 Å². The summed E-state index contributed by atoms with van der Waals surface area (Å²) in [7, 11) is 3.29. The van der Waals surface area contributed by atoms with Crippen LogP contribution < -0.4 is 10.1 Å². The maximum absolute atomic E-state index is 10.8. The summed E-state index contributed by atoms with van der Waals surface area (Å²) in [5.74, 6) is 5.98. The van der Waals surface area contributed by atoms with Crippen molar-refractivity contribution in [2.45, 2.75) is 6.42 Å². The number of rotatable bonds is 4. The third-order valence-electron chi connectivity index (χ3n) is 2.18. The van der Waals surface area contributed by atoms with E-state index in [9.17, 15) is 9.90 Å². The molecule has 4 heteroatoms. The molecule has 0 unspecified atom stereocenters. The number of hydrogen-bond donors (Lipinski definition) is 2. The first-order valence-electron chi connectivity index (χ1n) is 5.22. The highest BCUT2D eigenvalue weighted by atomic mass is 16.5. The summed E-state index contributed by atoms with van der Waals surface area (Å²) in [5, 5.41) is 12.6. The molecule has 17 heavy (non-hydrogen) atoms. The van der Waals surface area contributed by atoms with Crippen molar-refractivity contribution < 1.29 is 14.6 Å². The van der Waals surface area contributed by atoms with Crippen LogP contribution in [0.4, 0.5) is 0 Å². The van der Waals surface area contributed by atoms with Gasteiger partial charge in [0, 0.05) is 18.5 Å². The van der Waals surface area contributed by atoms with Crippen LogP contribution in [-0.4, -0.2) is 32.1 Å². The number of phenols is 1. The Bertz CT molecular complexity index is 458. The number of phenolic OH excluding ortho intramolecular Hbond substituents is 1. The number of hydrogen-bond acceptors (Lipinski definition) is 4. The maximum atomic E-state index is 10.8. The van der Waals surface area contributed by atoms with E-state index >= 15 is 0 Å². The minimum atomic E-state index is -0.150. The van der Waals surface area contributed by atoms with Gasteiger partial charge in [0.2, 0.25) is 0 Å². The van der Waals surface area contributed by atoms with Crippen molar-refractivity contribution in [3.05, 3.63) is 23.3 Å². The van der Waals surface area contributed by atoms with Gasteiger partial charge in [-0.15, -0.1) is 0 Å². The molecule has 0 fully saturated rings. The van der Waals surface area contributed by atoms with E-state index in [0.29, 0.717) is 11.8 Å². The highest BCUT2D eigenvalue weighted by Crippen LogP contribution is 2.29. The second-order valence-corrected chi connectivity index (χ2v) is 3.39. The molecule has 0 radical (unpaired) electrons. The van der Waals surface area contributed by atoms with Gasteiger partial charge in [0.15, 0.2) is 17.8 Å². The van der Waals surface area contributed by atoms with Crippen molar-refractivity contribution in [3.63, 3.8) is 0 Å². The molecule has 90 valence electrons. The quantitative estimate of drug-likeness (QED) is 0.465. The predicted octanol–water partition coefficient (Wildman–Crippen LogP) is 1.17. The second-order valence-electron chi connectivity index (χ2n) is 3.39. The molecule has 0 aromatic heterocycles. The number of ether oxygens (including phenoxy) is 1. The van der Waals surface area contributed by atoms with Crippen molar-refractivity contribution in [1.29, 1.82) is 0 Å². The number of aldehydes is 1. The van der Waals surface area contributed by atoms with E-state index in [0.717, 1.165) is 13.0 Å². The zero-order valence-electron chi connectivity index (χ0n) is 9.91. The summed E-state index contributed by atoms with van der Waals surface area (Å²) in [6.45, 7) is 0.808. The van der Waals surface area contributed by atoms with Crippen molar-refractivity contribution in [1.82, 2.24) is 5.32 Å². The van der Waals surface area contributed by atoms with Gasteiger partial charge in [-0.05, 0) is 19.2 Å². The van der Waals surface area contributed by atoms with Gasteiger partial charge in [-0.2, -0.15) is 0 Å². The van der Waals surface area contributed by atoms with Crippen LogP contribution in [0.5, 0.6) is 11.5 Å². The summed E-state index contributed by atoms with van der Waals surface area (Å²) in [6.07, 6.45) is 1.30. The molecular weight excluding hydrogens is 218 g/mol. The molecule has 2 N–H and O–H groups in total. The SMILES string of the molecule is CNCCC#Cc1cc(C=O)c(O)c(OC)c1. The van der Waals surface area contributed by atoms with E-state index in [2.05, 4.69) is 17.2 Å². The Balaban J connectivity index is 2.99. The Kier molecular flexibility index (Phi) is 5.05. The van der Waals surface area contributed by atoms with Gasteiger partial charge < -0.3 is 15.2 Å². The molecule has 1 rings (SSSR count). The molecular formula is C13H15NO3. The lowest BCUT2D eigenvalue weighted by atomic mass is 10.1. The fourth-order valence-corrected chi connectivity index (χ4v) is 1.30. The van der Waals surface area contributed by atoms with Gasteiger partial charge in [-0.3, -0.25) is 4.79 Å². The molecule has 0 amide bonds. The van der Waals surface area contributed by atoms with Crippen LogP contribution in [0.25, 0.3) is 0 Å². The average Bonchev–Trinajstić information content (AvgIpc) is 2.36. The van der Waals surface area contributed by atoms with Crippen LogP contribution in [0, 0.1) is 11.8 Å². The van der Waals surface area contributed by atoms with Crippen LogP contribution in [0.15, 0.2) is 12.1 Å². The molecule has 1 aromatic rings. The van der Waals surface area contributed by atoms with Crippen LogP contribution >= 0.6 is 0 Å². The fraction of sp³-hybridized carbons (Fsp3) is 0.308. The van der Waals surface area contributed by atoms with Crippen molar-refractivity contribution in [2.75, 3.05) is 20.7 Å². The smallest absolute Gasteiger partial charge is 0.168 e. The molecule has 0 aliphatic rings. The van der Waals surface area contributed by atoms with Gasteiger partial charge in [-0.1, -0.05) is 11.8 Å². The summed E-state index contributed by atoms with van der Waals surface area (Å²) >= 11 is 0. The van der Waals surface area contributed by atoms with Gasteiger partial charge in [0.1, 0.15) is 0 Å². The lowest BCUT2D eigenvalue weighted by Gasteiger charge is -2.05. The summed E-state index contributed by atoms with van der Waals surface area (Å²) in [5.41, 5.74) is 0.833. The van der Waals surface area contributed by atoms with Crippen molar-refractivity contribution in [3.8, 4) is 23.3 Å². The third-order valence-corrected chi connectivity index (χ3v) is 2.18. The van der Waals surface area contributed by atoms with E-state index in [1.165, 1.54) is 13.2 Å². The van der Waals surface area contributed by atoms with Crippen molar-refractivity contribution >= 4 is 6.29 Å². The van der Waals surface area contributed by atoms with E-state index in [4.69, 9.17) is 4.74 Å². The largest absolute Gasteiger partial charge is 0.504 e. The zero-order valence-corrected chi connectivity index (χ0v) is 9.91. The van der Waals surface area contributed by atoms with Gasteiger partial charge >= 0.3 is 0 Å². The first-order chi connectivity index (χ1) is 8.22. The third kappa shape index (κ3) is 3.51. The minimum absolute atomic E-state index is 0.150. The summed E-state index contributed by atoms with van der Waals surface area (Å²) < 4.78 is 4.97. The van der Waals surface area contributed by atoms with E-state index in [1.807, 2.05) is 7.05 Å². The predicted molar refractivity (Wildman–Crippen MR) is 65.5 cm³/mol. The van der Waals surface area contributed by atoms with E-state index in [-0.39, 0.29) is 17.1 Å². The van der Waals surface area contributed by atoms with Gasteiger partial charge in [-0.25, -0.2) is 0 Å². The van der Waals surface area contributed by atoms with Crippen molar-refractivity contribution in [2.24, 2.45) is 0 Å². The molecule has 0 spiro atoms. The van der Waals surface area contributed by atoms with Gasteiger partial charge in [0.25, 0.3) is 0 Å². The molecule has 4 nitrogen and oxygen atoms in total. The zero-order chi connectivity index (χ0) is 12.7. The van der Waals surface area contributed by atoms with Crippen LogP contribution in [-0.2, 0) is 0 Å². The Morgan fingerprint density at radius 1 is 1.53 bits per heavy atom. The molecule has 0 aliphatic carbocycles. The summed E-state index contributed by atoms with van der Waals surface area (Å²) in [6, 6.07) is 3.14. The van der Waals surface area contributed by atoms with Crippen LogP contribution in [0.3, 0.4) is 0 Å². The molecule has 0 atom stereocenters. The standard InChI is InChI=1S/C13H15NO3/c1-14-6-4-3-5-10-7-11(9-15)13(16)12(8-10)17-2/h7-9,14,16H,4,6H2,1-2H3. The Hall–Kier alpha value is -1.99. The highest BCUT2D eigenvalue weighted by molar-refractivity contribution is 5.82. The van der Waals surface area contributed by atoms with Gasteiger partial charge in [0.05, 0.1) is 12.7 Å². The first kappa shape index (κ1) is 13.1. The lowest BCUT2D eigenvalue weighted by molar-refractivity contribution is 0.112. The number of benzene rings is 1. The minimum Gasteiger partial charge on any atom is -0.504 e. The molecule has 0 saturated carbocycles. The Morgan fingerprint density at radius 2 is 2.29 bits per heavy atom. The van der Waals surface area contributed by atoms with Crippen LogP contribution in [0.2, 0.25) is 0 Å². The molecule has 0 bridgehead atoms. The fourth-order valence-electron chi connectivity index (χ4n) is 1.30. The van der Waals surface area contributed by atoms with E-state index < -0.39 is 0 Å². The monoisotopic (exact) mass is 233 g/mol. The first-order valence-corrected chi connectivity index (χ1v) is 5.22. The maximum Gasteiger partial charge on any atom is 0.168 e. The number of nitrogens with one attached hydrogen (secondary N) is 1. The lowest BCUT2D eigenvalue weighted by Crippen LogP contribution is -2.05. The average molecular weight is 233 g/mol. The normalized spacial score (nSPS) is 9.29. The second kappa shape index (κ2) is 6.56. The topological polar surface area (TPSA) is 58.6 Å². The van der Waals surface area contributed by atoms with Crippen LogP contribution in [0.1, 0.15) is 22.3 Å².